The second-order valence-electron chi connectivity index (χ2n) is 5.52. The molecule has 0 saturated heterocycles. The summed E-state index contributed by atoms with van der Waals surface area (Å²) in [4.78, 5) is 20.1. The van der Waals surface area contributed by atoms with Crippen molar-refractivity contribution in [2.75, 3.05) is 5.32 Å². The van der Waals surface area contributed by atoms with Crippen LogP contribution in [-0.2, 0) is 14.8 Å². The van der Waals surface area contributed by atoms with Gasteiger partial charge < -0.3 is 5.32 Å². The monoisotopic (exact) mass is 386 g/mol. The Labute approximate surface area is 148 Å². The summed E-state index contributed by atoms with van der Waals surface area (Å²) >= 11 is 7.24. The molecule has 2 N–H and O–H groups in total. The minimum absolute atomic E-state index is 0.0220. The Bertz CT molecular complexity index is 907. The SMILES string of the molecule is CC(=O)Nc1nc(C)c(-c2cnc(Cl)c(S(=O)(=O)NC3CC3)c2)s1. The van der Waals surface area contributed by atoms with Crippen LogP contribution >= 0.6 is 22.9 Å². The Balaban J connectivity index is 1.99. The number of aryl methyl sites for hydroxylation is 1. The molecule has 128 valence electrons. The zero-order chi connectivity index (χ0) is 17.5. The van der Waals surface area contributed by atoms with Crippen LogP contribution < -0.4 is 10.0 Å². The number of hydrogen-bond donors (Lipinski definition) is 2. The minimum atomic E-state index is -3.71. The van der Waals surface area contributed by atoms with Crippen LogP contribution in [0.4, 0.5) is 5.13 Å². The molecule has 7 nitrogen and oxygen atoms in total. The number of halogens is 1. The van der Waals surface area contributed by atoms with Crippen molar-refractivity contribution in [1.82, 2.24) is 14.7 Å². The molecule has 0 radical (unpaired) electrons. The number of carbonyl (C=O) groups is 1. The van der Waals surface area contributed by atoms with E-state index < -0.39 is 10.0 Å². The summed E-state index contributed by atoms with van der Waals surface area (Å²) in [6, 6.07) is 1.46. The highest BCUT2D eigenvalue weighted by Gasteiger charge is 2.30. The maximum absolute atomic E-state index is 12.4. The van der Waals surface area contributed by atoms with Gasteiger partial charge >= 0.3 is 0 Å². The Morgan fingerprint density at radius 1 is 1.42 bits per heavy atom. The van der Waals surface area contributed by atoms with Crippen LogP contribution in [0.5, 0.6) is 0 Å². The first-order valence-corrected chi connectivity index (χ1v) is 9.87. The first-order chi connectivity index (χ1) is 11.3. The fourth-order valence-electron chi connectivity index (χ4n) is 2.09. The summed E-state index contributed by atoms with van der Waals surface area (Å²) in [5, 5.41) is 2.99. The Morgan fingerprint density at radius 3 is 2.75 bits per heavy atom. The standard InChI is InChI=1S/C14H15ClN4O3S2/c1-7-12(23-14(17-7)18-8(2)20)9-5-11(13(15)16-6-9)24(21,22)19-10-3-4-10/h5-6,10,19H,3-4H2,1-2H3,(H,17,18,20). The maximum atomic E-state index is 12.4. The average Bonchev–Trinajstić information content (AvgIpc) is 3.20. The summed E-state index contributed by atoms with van der Waals surface area (Å²) in [7, 11) is -3.71. The summed E-state index contributed by atoms with van der Waals surface area (Å²) in [6.45, 7) is 3.18. The van der Waals surface area contributed by atoms with E-state index in [2.05, 4.69) is 20.0 Å². The van der Waals surface area contributed by atoms with Crippen molar-refractivity contribution in [1.29, 1.82) is 0 Å². The topological polar surface area (TPSA) is 101 Å². The van der Waals surface area contributed by atoms with E-state index >= 15 is 0 Å². The number of anilines is 1. The summed E-state index contributed by atoms with van der Waals surface area (Å²) in [5.41, 5.74) is 1.26. The van der Waals surface area contributed by atoms with Crippen LogP contribution in [0.2, 0.25) is 5.15 Å². The third kappa shape index (κ3) is 3.75. The molecule has 1 aliphatic carbocycles. The highest BCUT2D eigenvalue weighted by Crippen LogP contribution is 2.35. The molecule has 24 heavy (non-hydrogen) atoms. The number of carbonyl (C=O) groups excluding carboxylic acids is 1. The molecule has 0 atom stereocenters. The number of aromatic nitrogens is 2. The lowest BCUT2D eigenvalue weighted by molar-refractivity contribution is -0.114. The third-order valence-electron chi connectivity index (χ3n) is 3.34. The van der Waals surface area contributed by atoms with E-state index in [1.807, 2.05) is 0 Å². The van der Waals surface area contributed by atoms with Crippen molar-refractivity contribution < 1.29 is 13.2 Å². The van der Waals surface area contributed by atoms with Crippen LogP contribution in [-0.4, -0.2) is 30.3 Å². The van der Waals surface area contributed by atoms with Crippen LogP contribution in [0.25, 0.3) is 10.4 Å². The van der Waals surface area contributed by atoms with Gasteiger partial charge in [-0.1, -0.05) is 22.9 Å². The highest BCUT2D eigenvalue weighted by molar-refractivity contribution is 7.89. The van der Waals surface area contributed by atoms with Gasteiger partial charge in [-0.25, -0.2) is 23.1 Å². The molecule has 0 aliphatic heterocycles. The number of rotatable bonds is 5. The number of pyridine rings is 1. The molecule has 1 aliphatic rings. The van der Waals surface area contributed by atoms with Gasteiger partial charge in [0.15, 0.2) is 5.13 Å². The summed E-state index contributed by atoms with van der Waals surface area (Å²) in [5.74, 6) is -0.221. The Kier molecular flexibility index (Phi) is 4.60. The fourth-order valence-corrected chi connectivity index (χ4v) is 4.85. The van der Waals surface area contributed by atoms with Gasteiger partial charge in [0.05, 0.1) is 10.6 Å². The molecule has 1 fully saturated rings. The molecule has 1 saturated carbocycles. The van der Waals surface area contributed by atoms with Crippen LogP contribution in [0.1, 0.15) is 25.5 Å². The molecule has 2 aromatic heterocycles. The average molecular weight is 387 g/mol. The third-order valence-corrected chi connectivity index (χ3v) is 6.41. The number of thiazole rings is 1. The normalized spacial score (nSPS) is 14.6. The van der Waals surface area contributed by atoms with E-state index in [1.165, 1.54) is 30.5 Å². The van der Waals surface area contributed by atoms with Crippen LogP contribution in [0, 0.1) is 6.92 Å². The molecule has 3 rings (SSSR count). The van der Waals surface area contributed by atoms with Gasteiger partial charge in [-0.05, 0) is 25.8 Å². The van der Waals surface area contributed by atoms with E-state index in [9.17, 15) is 13.2 Å². The van der Waals surface area contributed by atoms with Gasteiger partial charge in [0.1, 0.15) is 10.0 Å². The second kappa shape index (κ2) is 6.40. The number of nitrogens with zero attached hydrogens (tertiary/aromatic N) is 2. The van der Waals surface area contributed by atoms with E-state index in [0.717, 1.165) is 17.7 Å². The van der Waals surface area contributed by atoms with E-state index in [0.29, 0.717) is 16.4 Å². The number of hydrogen-bond acceptors (Lipinski definition) is 6. The zero-order valence-corrected chi connectivity index (χ0v) is 15.3. The van der Waals surface area contributed by atoms with E-state index in [4.69, 9.17) is 11.6 Å². The highest BCUT2D eigenvalue weighted by atomic mass is 35.5. The van der Waals surface area contributed by atoms with Gasteiger partial charge in [0, 0.05) is 24.7 Å². The van der Waals surface area contributed by atoms with Crippen molar-refractivity contribution in [2.45, 2.75) is 37.6 Å². The zero-order valence-electron chi connectivity index (χ0n) is 13.0. The fraction of sp³-hybridized carbons (Fsp3) is 0.357. The number of nitrogens with one attached hydrogen (secondary N) is 2. The molecule has 2 aromatic rings. The molecule has 10 heteroatoms. The van der Waals surface area contributed by atoms with Gasteiger partial charge in [-0.15, -0.1) is 0 Å². The molecule has 2 heterocycles. The number of sulfonamides is 1. The van der Waals surface area contributed by atoms with Gasteiger partial charge in [-0.2, -0.15) is 0 Å². The minimum Gasteiger partial charge on any atom is -0.302 e. The van der Waals surface area contributed by atoms with Gasteiger partial charge in [0.25, 0.3) is 0 Å². The quantitative estimate of drug-likeness (QED) is 0.769. The lowest BCUT2D eigenvalue weighted by atomic mass is 10.2. The van der Waals surface area contributed by atoms with Crippen molar-refractivity contribution in [3.63, 3.8) is 0 Å². The predicted molar refractivity (Wildman–Crippen MR) is 92.7 cm³/mol. The predicted octanol–water partition coefficient (Wildman–Crippen LogP) is 2.57. The van der Waals surface area contributed by atoms with Gasteiger partial charge in [0.2, 0.25) is 15.9 Å². The van der Waals surface area contributed by atoms with Crippen LogP contribution in [0.3, 0.4) is 0 Å². The Morgan fingerprint density at radius 2 is 2.12 bits per heavy atom. The largest absolute Gasteiger partial charge is 0.302 e. The molecule has 0 spiro atoms. The van der Waals surface area contributed by atoms with Crippen LogP contribution in [0.15, 0.2) is 17.2 Å². The van der Waals surface area contributed by atoms with Crippen molar-refractivity contribution >= 4 is 44.0 Å². The van der Waals surface area contributed by atoms with E-state index in [-0.39, 0.29) is 22.0 Å². The number of amides is 1. The van der Waals surface area contributed by atoms with E-state index in [1.54, 1.807) is 6.92 Å². The van der Waals surface area contributed by atoms with Gasteiger partial charge in [-0.3, -0.25) is 4.79 Å². The summed E-state index contributed by atoms with van der Waals surface area (Å²) < 4.78 is 27.4. The Hall–Kier alpha value is -1.55. The molecule has 0 bridgehead atoms. The van der Waals surface area contributed by atoms with Crippen molar-refractivity contribution in [3.8, 4) is 10.4 Å². The summed E-state index contributed by atoms with van der Waals surface area (Å²) in [6.07, 6.45) is 3.16. The molecule has 1 amide bonds. The van der Waals surface area contributed by atoms with Crippen molar-refractivity contribution in [3.05, 3.63) is 23.1 Å². The first-order valence-electron chi connectivity index (χ1n) is 7.19. The lowest BCUT2D eigenvalue weighted by Crippen LogP contribution is -2.26. The second-order valence-corrected chi connectivity index (χ2v) is 8.56. The molecular formula is C14H15ClN4O3S2. The van der Waals surface area contributed by atoms with Crippen molar-refractivity contribution in [2.24, 2.45) is 0 Å². The molecule has 0 unspecified atom stereocenters. The molecule has 0 aromatic carbocycles. The molecular weight excluding hydrogens is 372 g/mol. The first kappa shape index (κ1) is 17.3. The maximum Gasteiger partial charge on any atom is 0.243 e. The smallest absolute Gasteiger partial charge is 0.243 e. The lowest BCUT2D eigenvalue weighted by Gasteiger charge is -2.08.